The molecule has 0 aliphatic heterocycles. The number of carbonyl (C=O) groups excluding carboxylic acids is 1. The lowest BCUT2D eigenvalue weighted by molar-refractivity contribution is 0.0691. The molecular formula is C20H19N3O4S. The van der Waals surface area contributed by atoms with E-state index in [1.165, 1.54) is 6.92 Å². The van der Waals surface area contributed by atoms with Crippen molar-refractivity contribution in [2.45, 2.75) is 26.7 Å². The van der Waals surface area contributed by atoms with Gasteiger partial charge < -0.3 is 14.9 Å². The maximum atomic E-state index is 12.4. The highest BCUT2D eigenvalue weighted by Gasteiger charge is 2.25. The van der Waals surface area contributed by atoms with Gasteiger partial charge in [-0.15, -0.1) is 11.3 Å². The molecule has 0 aliphatic carbocycles. The van der Waals surface area contributed by atoms with Crippen LogP contribution in [0.1, 0.15) is 62.6 Å². The fourth-order valence-corrected chi connectivity index (χ4v) is 3.37. The Morgan fingerprint density at radius 2 is 2.07 bits per heavy atom. The van der Waals surface area contributed by atoms with E-state index >= 15 is 0 Å². The molecular weight excluding hydrogens is 378 g/mol. The standard InChI is InChI=1S/C20H19N3O4S/c1-11(2)15-10-28-16(22-15)8-7-13-5-4-6-14(9-13)21-19(24)18-17(20(25)26)12(3)27-23-18/h4-11H,1-3H3,(H,21,24)(H,25,26)/b8-7+. The van der Waals surface area contributed by atoms with Crippen molar-refractivity contribution in [3.8, 4) is 0 Å². The number of aromatic nitrogens is 2. The summed E-state index contributed by atoms with van der Waals surface area (Å²) in [6.45, 7) is 5.64. The Labute approximate surface area is 165 Å². The second-order valence-electron chi connectivity index (χ2n) is 6.45. The molecule has 0 unspecified atom stereocenters. The number of nitrogens with zero attached hydrogens (tertiary/aromatic N) is 2. The van der Waals surface area contributed by atoms with Gasteiger partial charge in [0.2, 0.25) is 0 Å². The predicted octanol–water partition coefficient (Wildman–Crippen LogP) is 4.68. The molecule has 1 amide bonds. The number of rotatable bonds is 6. The molecule has 3 aromatic rings. The Bertz CT molecular complexity index is 1050. The molecule has 0 saturated carbocycles. The number of hydrogen-bond acceptors (Lipinski definition) is 6. The van der Waals surface area contributed by atoms with E-state index in [-0.39, 0.29) is 17.0 Å². The summed E-state index contributed by atoms with van der Waals surface area (Å²) < 4.78 is 4.84. The van der Waals surface area contributed by atoms with Gasteiger partial charge in [0.25, 0.3) is 5.91 Å². The molecule has 0 radical (unpaired) electrons. The zero-order valence-electron chi connectivity index (χ0n) is 15.6. The van der Waals surface area contributed by atoms with Crippen LogP contribution in [0.2, 0.25) is 0 Å². The number of amides is 1. The lowest BCUT2D eigenvalue weighted by atomic mass is 10.1. The third-order valence-electron chi connectivity index (χ3n) is 3.99. The van der Waals surface area contributed by atoms with E-state index in [1.807, 2.05) is 23.6 Å². The van der Waals surface area contributed by atoms with Gasteiger partial charge in [0, 0.05) is 11.1 Å². The van der Waals surface area contributed by atoms with Crippen LogP contribution in [0.15, 0.2) is 34.2 Å². The second kappa shape index (κ2) is 8.18. The van der Waals surface area contributed by atoms with Crippen molar-refractivity contribution in [1.29, 1.82) is 0 Å². The first-order valence-corrected chi connectivity index (χ1v) is 9.47. The Balaban J connectivity index is 1.75. The van der Waals surface area contributed by atoms with Crippen molar-refractivity contribution in [3.05, 3.63) is 62.9 Å². The van der Waals surface area contributed by atoms with E-state index < -0.39 is 11.9 Å². The Hall–Kier alpha value is -3.26. The molecule has 0 bridgehead atoms. The average Bonchev–Trinajstić information content (AvgIpc) is 3.27. The topological polar surface area (TPSA) is 105 Å². The monoisotopic (exact) mass is 397 g/mol. The molecule has 0 atom stereocenters. The quantitative estimate of drug-likeness (QED) is 0.625. The molecule has 3 rings (SSSR count). The molecule has 0 spiro atoms. The Morgan fingerprint density at radius 1 is 1.29 bits per heavy atom. The maximum Gasteiger partial charge on any atom is 0.341 e. The summed E-state index contributed by atoms with van der Waals surface area (Å²) in [5.41, 5.74) is 1.95. The number of benzene rings is 1. The summed E-state index contributed by atoms with van der Waals surface area (Å²) in [6.07, 6.45) is 3.82. The summed E-state index contributed by atoms with van der Waals surface area (Å²) in [7, 11) is 0. The first kappa shape index (κ1) is 19.5. The van der Waals surface area contributed by atoms with Crippen LogP contribution >= 0.6 is 11.3 Å². The van der Waals surface area contributed by atoms with Crippen LogP contribution in [-0.4, -0.2) is 27.1 Å². The van der Waals surface area contributed by atoms with Crippen molar-refractivity contribution >= 4 is 41.1 Å². The molecule has 2 heterocycles. The number of aryl methyl sites for hydroxylation is 1. The molecule has 1 aromatic carbocycles. The molecule has 2 N–H and O–H groups in total. The number of carboxylic acid groups (broad SMARTS) is 1. The van der Waals surface area contributed by atoms with Gasteiger partial charge in [-0.1, -0.05) is 37.2 Å². The third-order valence-corrected chi connectivity index (χ3v) is 4.81. The number of hydrogen-bond donors (Lipinski definition) is 2. The number of thiazole rings is 1. The summed E-state index contributed by atoms with van der Waals surface area (Å²) in [5, 5.41) is 18.4. The van der Waals surface area contributed by atoms with E-state index in [0.717, 1.165) is 16.3 Å². The lowest BCUT2D eigenvalue weighted by Crippen LogP contribution is -2.16. The van der Waals surface area contributed by atoms with Crippen molar-refractivity contribution in [3.63, 3.8) is 0 Å². The van der Waals surface area contributed by atoms with Crippen LogP contribution in [0, 0.1) is 6.92 Å². The van der Waals surface area contributed by atoms with Gasteiger partial charge >= 0.3 is 5.97 Å². The molecule has 0 saturated heterocycles. The average molecular weight is 397 g/mol. The Kier molecular flexibility index (Phi) is 5.70. The largest absolute Gasteiger partial charge is 0.477 e. The van der Waals surface area contributed by atoms with E-state index in [9.17, 15) is 14.7 Å². The third kappa shape index (κ3) is 4.34. The second-order valence-corrected chi connectivity index (χ2v) is 7.34. The van der Waals surface area contributed by atoms with Crippen molar-refractivity contribution in [1.82, 2.24) is 10.1 Å². The molecule has 8 heteroatoms. The smallest absolute Gasteiger partial charge is 0.341 e. The minimum absolute atomic E-state index is 0.0820. The van der Waals surface area contributed by atoms with Gasteiger partial charge in [0.1, 0.15) is 16.3 Å². The molecule has 2 aromatic heterocycles. The lowest BCUT2D eigenvalue weighted by Gasteiger charge is -2.04. The van der Waals surface area contributed by atoms with Crippen molar-refractivity contribution in [2.24, 2.45) is 0 Å². The number of carboxylic acids is 1. The van der Waals surface area contributed by atoms with Gasteiger partial charge in [-0.3, -0.25) is 4.79 Å². The van der Waals surface area contributed by atoms with E-state index in [4.69, 9.17) is 4.52 Å². The highest BCUT2D eigenvalue weighted by Crippen LogP contribution is 2.21. The Morgan fingerprint density at radius 3 is 2.75 bits per heavy atom. The summed E-state index contributed by atoms with van der Waals surface area (Å²) in [6, 6.07) is 7.18. The van der Waals surface area contributed by atoms with Crippen LogP contribution in [0.3, 0.4) is 0 Å². The fraction of sp³-hybridized carbons (Fsp3) is 0.200. The van der Waals surface area contributed by atoms with E-state index in [1.54, 1.807) is 29.5 Å². The summed E-state index contributed by atoms with van der Waals surface area (Å²) >= 11 is 1.57. The number of anilines is 1. The normalized spacial score (nSPS) is 11.3. The predicted molar refractivity (Wildman–Crippen MR) is 108 cm³/mol. The first-order chi connectivity index (χ1) is 13.3. The van der Waals surface area contributed by atoms with Crippen LogP contribution in [0.4, 0.5) is 5.69 Å². The minimum Gasteiger partial charge on any atom is -0.477 e. The first-order valence-electron chi connectivity index (χ1n) is 8.59. The van der Waals surface area contributed by atoms with E-state index in [2.05, 4.69) is 29.3 Å². The molecule has 7 nitrogen and oxygen atoms in total. The SMILES string of the molecule is Cc1onc(C(=O)Nc2cccc(/C=C/c3nc(C(C)C)cs3)c2)c1C(=O)O. The van der Waals surface area contributed by atoms with Gasteiger partial charge in [-0.25, -0.2) is 9.78 Å². The van der Waals surface area contributed by atoms with Gasteiger partial charge in [-0.05, 0) is 36.6 Å². The molecule has 144 valence electrons. The van der Waals surface area contributed by atoms with Gasteiger partial charge in [-0.2, -0.15) is 0 Å². The number of nitrogens with one attached hydrogen (secondary N) is 1. The van der Waals surface area contributed by atoms with Crippen LogP contribution in [0.25, 0.3) is 12.2 Å². The summed E-state index contributed by atoms with van der Waals surface area (Å²) in [5.74, 6) is -1.44. The fourth-order valence-electron chi connectivity index (χ4n) is 2.50. The van der Waals surface area contributed by atoms with Gasteiger partial charge in [0.15, 0.2) is 5.69 Å². The number of carbonyl (C=O) groups is 2. The van der Waals surface area contributed by atoms with Crippen LogP contribution < -0.4 is 5.32 Å². The minimum atomic E-state index is -1.26. The van der Waals surface area contributed by atoms with Crippen LogP contribution in [0.5, 0.6) is 0 Å². The molecule has 0 aliphatic rings. The number of aromatic carboxylic acids is 1. The van der Waals surface area contributed by atoms with Crippen molar-refractivity contribution in [2.75, 3.05) is 5.32 Å². The van der Waals surface area contributed by atoms with E-state index in [0.29, 0.717) is 11.6 Å². The van der Waals surface area contributed by atoms with Crippen LogP contribution in [-0.2, 0) is 0 Å². The van der Waals surface area contributed by atoms with Gasteiger partial charge in [0.05, 0.1) is 5.69 Å². The highest BCUT2D eigenvalue weighted by atomic mass is 32.1. The zero-order valence-corrected chi connectivity index (χ0v) is 16.4. The van der Waals surface area contributed by atoms with Crippen molar-refractivity contribution < 1.29 is 19.2 Å². The highest BCUT2D eigenvalue weighted by molar-refractivity contribution is 7.10. The molecule has 28 heavy (non-hydrogen) atoms. The zero-order chi connectivity index (χ0) is 20.3. The molecule has 0 fully saturated rings. The summed E-state index contributed by atoms with van der Waals surface area (Å²) in [4.78, 5) is 28.2. The maximum absolute atomic E-state index is 12.4.